The lowest BCUT2D eigenvalue weighted by molar-refractivity contribution is -0.131. The van der Waals surface area contributed by atoms with Crippen LogP contribution in [-0.2, 0) is 4.79 Å². The third-order valence-corrected chi connectivity index (χ3v) is 2.79. The first-order valence-electron chi connectivity index (χ1n) is 5.52. The molecular formula is C13H15NO2. The standard InChI is InChI=1S/C13H15NO2/c15-13(16)8-7-11-5-1-2-6-12(11)14-9-3-4-10-14/h1-2,5-8H,3-4,9-10H2,(H,15,16). The van der Waals surface area contributed by atoms with E-state index in [1.807, 2.05) is 24.3 Å². The molecule has 84 valence electrons. The SMILES string of the molecule is O=C(O)C=Cc1ccccc1N1CCCC1. The average molecular weight is 217 g/mol. The van der Waals surface area contributed by atoms with Crippen molar-refractivity contribution in [1.29, 1.82) is 0 Å². The number of hydrogen-bond donors (Lipinski definition) is 1. The zero-order chi connectivity index (χ0) is 11.4. The molecule has 0 radical (unpaired) electrons. The highest BCUT2D eigenvalue weighted by molar-refractivity contribution is 5.87. The van der Waals surface area contributed by atoms with Crippen LogP contribution in [0.2, 0.25) is 0 Å². The molecule has 1 aliphatic rings. The van der Waals surface area contributed by atoms with Crippen molar-refractivity contribution >= 4 is 17.7 Å². The average Bonchev–Trinajstić information content (AvgIpc) is 2.80. The van der Waals surface area contributed by atoms with Crippen LogP contribution in [0.4, 0.5) is 5.69 Å². The minimum absolute atomic E-state index is 0.906. The molecule has 0 atom stereocenters. The summed E-state index contributed by atoms with van der Waals surface area (Å²) in [4.78, 5) is 12.8. The summed E-state index contributed by atoms with van der Waals surface area (Å²) < 4.78 is 0. The first-order valence-corrected chi connectivity index (χ1v) is 5.52. The monoisotopic (exact) mass is 217 g/mol. The first-order chi connectivity index (χ1) is 7.77. The Bertz CT molecular complexity index is 406. The van der Waals surface area contributed by atoms with Crippen molar-refractivity contribution in [3.63, 3.8) is 0 Å². The van der Waals surface area contributed by atoms with E-state index in [0.29, 0.717) is 0 Å². The van der Waals surface area contributed by atoms with Gasteiger partial charge in [-0.3, -0.25) is 0 Å². The molecule has 1 heterocycles. The van der Waals surface area contributed by atoms with Crippen LogP contribution in [0.25, 0.3) is 6.08 Å². The van der Waals surface area contributed by atoms with E-state index in [1.54, 1.807) is 6.08 Å². The number of carbonyl (C=O) groups is 1. The van der Waals surface area contributed by atoms with E-state index in [1.165, 1.54) is 18.9 Å². The summed E-state index contributed by atoms with van der Waals surface area (Å²) in [6.45, 7) is 2.13. The molecule has 0 aromatic heterocycles. The highest BCUT2D eigenvalue weighted by Gasteiger charge is 2.13. The maximum Gasteiger partial charge on any atom is 0.328 e. The minimum Gasteiger partial charge on any atom is -0.478 e. The maximum absolute atomic E-state index is 10.5. The molecule has 0 unspecified atom stereocenters. The van der Waals surface area contributed by atoms with Crippen LogP contribution < -0.4 is 4.90 Å². The Balaban J connectivity index is 2.26. The Morgan fingerprint density at radius 1 is 1.25 bits per heavy atom. The fourth-order valence-corrected chi connectivity index (χ4v) is 2.04. The predicted molar refractivity (Wildman–Crippen MR) is 64.6 cm³/mol. The second-order valence-electron chi connectivity index (χ2n) is 3.92. The molecule has 1 aliphatic heterocycles. The fourth-order valence-electron chi connectivity index (χ4n) is 2.04. The summed E-state index contributed by atoms with van der Waals surface area (Å²) in [5.41, 5.74) is 2.12. The summed E-state index contributed by atoms with van der Waals surface area (Å²) >= 11 is 0. The topological polar surface area (TPSA) is 40.5 Å². The summed E-state index contributed by atoms with van der Waals surface area (Å²) in [7, 11) is 0. The molecule has 0 amide bonds. The Morgan fingerprint density at radius 3 is 2.62 bits per heavy atom. The van der Waals surface area contributed by atoms with Gasteiger partial charge >= 0.3 is 5.97 Å². The highest BCUT2D eigenvalue weighted by atomic mass is 16.4. The minimum atomic E-state index is -0.906. The van der Waals surface area contributed by atoms with Gasteiger partial charge in [0.15, 0.2) is 0 Å². The third-order valence-electron chi connectivity index (χ3n) is 2.79. The lowest BCUT2D eigenvalue weighted by Gasteiger charge is -2.19. The number of aliphatic carboxylic acids is 1. The van der Waals surface area contributed by atoms with E-state index in [0.717, 1.165) is 24.3 Å². The van der Waals surface area contributed by atoms with Gasteiger partial charge in [-0.05, 0) is 30.5 Å². The number of anilines is 1. The zero-order valence-corrected chi connectivity index (χ0v) is 9.10. The molecule has 0 bridgehead atoms. The van der Waals surface area contributed by atoms with E-state index in [2.05, 4.69) is 4.90 Å². The van der Waals surface area contributed by atoms with Crippen molar-refractivity contribution in [1.82, 2.24) is 0 Å². The molecule has 1 aromatic carbocycles. The van der Waals surface area contributed by atoms with Crippen LogP contribution in [-0.4, -0.2) is 24.2 Å². The second kappa shape index (κ2) is 4.84. The lowest BCUT2D eigenvalue weighted by atomic mass is 10.1. The van der Waals surface area contributed by atoms with Gasteiger partial charge in [0.25, 0.3) is 0 Å². The molecule has 3 nitrogen and oxygen atoms in total. The van der Waals surface area contributed by atoms with E-state index in [9.17, 15) is 4.79 Å². The van der Waals surface area contributed by atoms with Crippen LogP contribution in [0, 0.1) is 0 Å². The quantitative estimate of drug-likeness (QED) is 0.790. The number of benzene rings is 1. The van der Waals surface area contributed by atoms with Gasteiger partial charge < -0.3 is 10.0 Å². The summed E-state index contributed by atoms with van der Waals surface area (Å²) in [6.07, 6.45) is 5.29. The van der Waals surface area contributed by atoms with E-state index < -0.39 is 5.97 Å². The molecule has 2 rings (SSSR count). The van der Waals surface area contributed by atoms with Crippen molar-refractivity contribution in [3.05, 3.63) is 35.9 Å². The van der Waals surface area contributed by atoms with E-state index in [-0.39, 0.29) is 0 Å². The van der Waals surface area contributed by atoms with Crippen LogP contribution >= 0.6 is 0 Å². The van der Waals surface area contributed by atoms with Gasteiger partial charge in [0, 0.05) is 24.9 Å². The van der Waals surface area contributed by atoms with Gasteiger partial charge in [0.2, 0.25) is 0 Å². The molecule has 16 heavy (non-hydrogen) atoms. The molecule has 1 fully saturated rings. The molecule has 1 saturated heterocycles. The summed E-state index contributed by atoms with van der Waals surface area (Å²) in [6, 6.07) is 7.92. The largest absolute Gasteiger partial charge is 0.478 e. The van der Waals surface area contributed by atoms with Gasteiger partial charge in [-0.1, -0.05) is 18.2 Å². The molecular weight excluding hydrogens is 202 g/mol. The van der Waals surface area contributed by atoms with Crippen LogP contribution in [0.15, 0.2) is 30.3 Å². The van der Waals surface area contributed by atoms with Crippen molar-refractivity contribution in [2.24, 2.45) is 0 Å². The van der Waals surface area contributed by atoms with Crippen LogP contribution in [0.3, 0.4) is 0 Å². The molecule has 0 saturated carbocycles. The second-order valence-corrected chi connectivity index (χ2v) is 3.92. The Labute approximate surface area is 95.0 Å². The molecule has 1 aromatic rings. The Hall–Kier alpha value is -1.77. The fraction of sp³-hybridized carbons (Fsp3) is 0.308. The molecule has 3 heteroatoms. The highest BCUT2D eigenvalue weighted by Crippen LogP contribution is 2.25. The van der Waals surface area contributed by atoms with Crippen LogP contribution in [0.5, 0.6) is 0 Å². The van der Waals surface area contributed by atoms with Crippen LogP contribution in [0.1, 0.15) is 18.4 Å². The Kier molecular flexibility index (Phi) is 3.25. The number of carboxylic acids is 1. The van der Waals surface area contributed by atoms with E-state index >= 15 is 0 Å². The van der Waals surface area contributed by atoms with Crippen molar-refractivity contribution in [3.8, 4) is 0 Å². The number of para-hydroxylation sites is 1. The number of carboxylic acid groups (broad SMARTS) is 1. The number of hydrogen-bond acceptors (Lipinski definition) is 2. The molecule has 0 aliphatic carbocycles. The normalized spacial score (nSPS) is 15.9. The van der Waals surface area contributed by atoms with Gasteiger partial charge in [0.05, 0.1) is 0 Å². The predicted octanol–water partition coefficient (Wildman–Crippen LogP) is 2.38. The lowest BCUT2D eigenvalue weighted by Crippen LogP contribution is -2.18. The molecule has 1 N–H and O–H groups in total. The van der Waals surface area contributed by atoms with Gasteiger partial charge in [-0.2, -0.15) is 0 Å². The van der Waals surface area contributed by atoms with Crippen molar-refractivity contribution in [2.45, 2.75) is 12.8 Å². The van der Waals surface area contributed by atoms with Crippen molar-refractivity contribution < 1.29 is 9.90 Å². The Morgan fingerprint density at radius 2 is 1.94 bits per heavy atom. The van der Waals surface area contributed by atoms with Gasteiger partial charge in [-0.25, -0.2) is 4.79 Å². The molecule has 0 spiro atoms. The third kappa shape index (κ3) is 2.42. The van der Waals surface area contributed by atoms with Gasteiger partial charge in [0.1, 0.15) is 0 Å². The maximum atomic E-state index is 10.5. The van der Waals surface area contributed by atoms with Gasteiger partial charge in [-0.15, -0.1) is 0 Å². The summed E-state index contributed by atoms with van der Waals surface area (Å²) in [5, 5.41) is 8.63. The number of nitrogens with zero attached hydrogens (tertiary/aromatic N) is 1. The van der Waals surface area contributed by atoms with Crippen molar-refractivity contribution in [2.75, 3.05) is 18.0 Å². The van der Waals surface area contributed by atoms with E-state index in [4.69, 9.17) is 5.11 Å². The summed E-state index contributed by atoms with van der Waals surface area (Å²) in [5.74, 6) is -0.906. The first kappa shape index (κ1) is 10.7. The number of rotatable bonds is 3. The smallest absolute Gasteiger partial charge is 0.328 e. The zero-order valence-electron chi connectivity index (χ0n) is 9.10.